The van der Waals surface area contributed by atoms with Crippen LogP contribution in [-0.4, -0.2) is 33.1 Å². The molecule has 0 aromatic rings. The van der Waals surface area contributed by atoms with Crippen LogP contribution in [0.3, 0.4) is 0 Å². The minimum atomic E-state index is -0.864. The predicted octanol–water partition coefficient (Wildman–Crippen LogP) is 3.76. The molecule has 1 fully saturated rings. The number of halogens is 4. The lowest BCUT2D eigenvalue weighted by Gasteiger charge is -2.31. The number of hydrogen-bond acceptors (Lipinski definition) is 2. The SMILES string of the molecule is C[C@@]1(/C(Cl)=C/Br)O[C@@H]([C@](C)(Br)CCl)C[C@@H]1O. The summed E-state index contributed by atoms with van der Waals surface area (Å²) in [6.45, 7) is 3.71. The van der Waals surface area contributed by atoms with E-state index in [2.05, 4.69) is 31.9 Å². The summed E-state index contributed by atoms with van der Waals surface area (Å²) in [5, 5.41) is 10.5. The van der Waals surface area contributed by atoms with Crippen LogP contribution in [0.5, 0.6) is 0 Å². The summed E-state index contributed by atoms with van der Waals surface area (Å²) in [6, 6.07) is 0. The maximum Gasteiger partial charge on any atom is 0.128 e. The highest BCUT2D eigenvalue weighted by Gasteiger charge is 2.51. The molecular formula is C10H14Br2Cl2O2. The number of aliphatic hydroxyl groups excluding tert-OH is 1. The summed E-state index contributed by atoms with van der Waals surface area (Å²) in [5.74, 6) is 0.399. The number of ether oxygens (including phenoxy) is 1. The van der Waals surface area contributed by atoms with Crippen molar-refractivity contribution < 1.29 is 9.84 Å². The van der Waals surface area contributed by atoms with Gasteiger partial charge in [-0.15, -0.1) is 11.6 Å². The van der Waals surface area contributed by atoms with Gasteiger partial charge in [-0.25, -0.2) is 0 Å². The highest BCUT2D eigenvalue weighted by Crippen LogP contribution is 2.44. The van der Waals surface area contributed by atoms with Gasteiger partial charge >= 0.3 is 0 Å². The fourth-order valence-corrected chi connectivity index (χ4v) is 2.71. The summed E-state index contributed by atoms with van der Waals surface area (Å²) in [7, 11) is 0. The normalized spacial score (nSPS) is 39.8. The summed E-state index contributed by atoms with van der Waals surface area (Å²) >= 11 is 18.6. The maximum atomic E-state index is 10.0. The van der Waals surface area contributed by atoms with Crippen LogP contribution >= 0.6 is 55.1 Å². The Morgan fingerprint density at radius 3 is 2.75 bits per heavy atom. The first-order valence-electron chi connectivity index (χ1n) is 4.85. The molecule has 0 aromatic carbocycles. The van der Waals surface area contributed by atoms with E-state index in [4.69, 9.17) is 27.9 Å². The zero-order valence-corrected chi connectivity index (χ0v) is 13.7. The molecule has 0 spiro atoms. The number of hydrogen-bond donors (Lipinski definition) is 1. The van der Waals surface area contributed by atoms with Crippen LogP contribution in [0.4, 0.5) is 0 Å². The van der Waals surface area contributed by atoms with Gasteiger partial charge in [0, 0.05) is 12.3 Å². The topological polar surface area (TPSA) is 29.5 Å². The lowest BCUT2D eigenvalue weighted by atomic mass is 9.96. The summed E-state index contributed by atoms with van der Waals surface area (Å²) in [6.07, 6.45) is -0.313. The summed E-state index contributed by atoms with van der Waals surface area (Å²) in [4.78, 5) is 1.56. The van der Waals surface area contributed by atoms with Gasteiger partial charge in [0.15, 0.2) is 0 Å². The maximum absolute atomic E-state index is 10.0. The highest BCUT2D eigenvalue weighted by molar-refractivity contribution is 9.11. The van der Waals surface area contributed by atoms with E-state index < -0.39 is 11.7 Å². The zero-order valence-electron chi connectivity index (χ0n) is 9.01. The van der Waals surface area contributed by atoms with Crippen LogP contribution in [0.1, 0.15) is 20.3 Å². The summed E-state index contributed by atoms with van der Waals surface area (Å²) < 4.78 is 5.49. The van der Waals surface area contributed by atoms with Crippen molar-refractivity contribution in [3.05, 3.63) is 10.0 Å². The Morgan fingerprint density at radius 2 is 2.31 bits per heavy atom. The smallest absolute Gasteiger partial charge is 0.128 e. The van der Waals surface area contributed by atoms with E-state index in [9.17, 15) is 5.11 Å². The van der Waals surface area contributed by atoms with Crippen molar-refractivity contribution in [2.24, 2.45) is 0 Å². The average molecular weight is 397 g/mol. The molecule has 0 radical (unpaired) electrons. The fraction of sp³-hybridized carbons (Fsp3) is 0.800. The molecule has 1 aliphatic heterocycles. The molecule has 0 aromatic heterocycles. The molecule has 2 nitrogen and oxygen atoms in total. The van der Waals surface area contributed by atoms with Gasteiger partial charge in [-0.3, -0.25) is 0 Å². The molecule has 1 aliphatic rings. The van der Waals surface area contributed by atoms with Crippen molar-refractivity contribution >= 4 is 55.1 Å². The van der Waals surface area contributed by atoms with E-state index >= 15 is 0 Å². The molecule has 0 amide bonds. The van der Waals surface area contributed by atoms with Crippen LogP contribution < -0.4 is 0 Å². The molecule has 1 saturated heterocycles. The molecule has 1 heterocycles. The van der Waals surface area contributed by atoms with Gasteiger partial charge in [-0.1, -0.05) is 43.5 Å². The van der Waals surface area contributed by atoms with Crippen LogP contribution in [0.15, 0.2) is 10.0 Å². The summed E-state index contributed by atoms with van der Waals surface area (Å²) in [5.41, 5.74) is -0.864. The van der Waals surface area contributed by atoms with Crippen LogP contribution in [0, 0.1) is 0 Å². The Balaban J connectivity index is 2.90. The number of alkyl halides is 2. The van der Waals surface area contributed by atoms with Crippen molar-refractivity contribution in [2.75, 3.05) is 5.88 Å². The molecule has 0 unspecified atom stereocenters. The second-order valence-electron chi connectivity index (χ2n) is 4.33. The Bertz CT molecular complexity index is 297. The van der Waals surface area contributed by atoms with E-state index in [1.165, 1.54) is 0 Å². The third-order valence-electron chi connectivity index (χ3n) is 2.96. The van der Waals surface area contributed by atoms with E-state index in [-0.39, 0.29) is 10.4 Å². The minimum Gasteiger partial charge on any atom is -0.390 e. The molecule has 16 heavy (non-hydrogen) atoms. The standard InChI is InChI=1S/C10H14Br2Cl2O2/c1-9(12,5-13)8-3-7(15)10(2,16-8)6(14)4-11/h4,7-8,15H,3,5H2,1-2H3/b6-4-/t7-,8+,9+,10-/m0/s1. The minimum absolute atomic E-state index is 0.175. The number of rotatable bonds is 3. The lowest BCUT2D eigenvalue weighted by Crippen LogP contribution is -2.39. The zero-order chi connectivity index (χ0) is 12.6. The van der Waals surface area contributed by atoms with Gasteiger partial charge in [-0.05, 0) is 18.8 Å². The first-order chi connectivity index (χ1) is 7.28. The van der Waals surface area contributed by atoms with Gasteiger partial charge in [0.1, 0.15) is 5.60 Å². The second-order valence-corrected chi connectivity index (χ2v) is 7.28. The van der Waals surface area contributed by atoms with E-state index in [0.29, 0.717) is 17.3 Å². The van der Waals surface area contributed by atoms with Crippen molar-refractivity contribution in [1.29, 1.82) is 0 Å². The van der Waals surface area contributed by atoms with Crippen LogP contribution in [0.25, 0.3) is 0 Å². The molecule has 4 atom stereocenters. The third kappa shape index (κ3) is 2.78. The van der Waals surface area contributed by atoms with Gasteiger partial charge in [0.05, 0.1) is 21.6 Å². The highest BCUT2D eigenvalue weighted by atomic mass is 79.9. The number of aliphatic hydroxyl groups is 1. The Hall–Kier alpha value is 1.20. The molecule has 6 heteroatoms. The van der Waals surface area contributed by atoms with Gasteiger partial charge in [0.25, 0.3) is 0 Å². The second kappa shape index (κ2) is 5.45. The molecule has 0 bridgehead atoms. The Morgan fingerprint density at radius 1 is 1.75 bits per heavy atom. The van der Waals surface area contributed by atoms with Gasteiger partial charge < -0.3 is 9.84 Å². The van der Waals surface area contributed by atoms with E-state index in [1.807, 2.05) is 6.92 Å². The predicted molar refractivity (Wildman–Crippen MR) is 74.8 cm³/mol. The molecule has 94 valence electrons. The van der Waals surface area contributed by atoms with Crippen LogP contribution in [0.2, 0.25) is 0 Å². The monoisotopic (exact) mass is 394 g/mol. The first kappa shape index (κ1) is 15.3. The average Bonchev–Trinajstić information content (AvgIpc) is 2.56. The fourth-order valence-electron chi connectivity index (χ4n) is 1.63. The van der Waals surface area contributed by atoms with Crippen molar-refractivity contribution in [2.45, 2.75) is 42.4 Å². The van der Waals surface area contributed by atoms with E-state index in [0.717, 1.165) is 0 Å². The quantitative estimate of drug-likeness (QED) is 0.736. The van der Waals surface area contributed by atoms with Gasteiger partial charge in [0.2, 0.25) is 0 Å². The molecule has 0 saturated carbocycles. The molecule has 0 aliphatic carbocycles. The first-order valence-corrected chi connectivity index (χ1v) is 7.47. The van der Waals surface area contributed by atoms with Gasteiger partial charge in [-0.2, -0.15) is 0 Å². The molecule has 1 N–H and O–H groups in total. The lowest BCUT2D eigenvalue weighted by molar-refractivity contribution is -0.0443. The Kier molecular flexibility index (Phi) is 5.20. The largest absolute Gasteiger partial charge is 0.390 e. The Labute approximate surface area is 123 Å². The third-order valence-corrected chi connectivity index (χ3v) is 5.84. The van der Waals surface area contributed by atoms with E-state index in [1.54, 1.807) is 11.9 Å². The van der Waals surface area contributed by atoms with Crippen molar-refractivity contribution in [1.82, 2.24) is 0 Å². The van der Waals surface area contributed by atoms with Crippen molar-refractivity contribution in [3.63, 3.8) is 0 Å². The molecule has 1 rings (SSSR count). The molecular weight excluding hydrogens is 383 g/mol. The van der Waals surface area contributed by atoms with Crippen molar-refractivity contribution in [3.8, 4) is 0 Å². The van der Waals surface area contributed by atoms with Crippen LogP contribution in [-0.2, 0) is 4.74 Å².